The molecule has 52 valence electrons. The Bertz CT molecular complexity index is 281. The van der Waals surface area contributed by atoms with Gasteiger partial charge in [-0.15, -0.1) is 0 Å². The zero-order valence-electron chi connectivity index (χ0n) is 6.80. The quantitative estimate of drug-likeness (QED) is 0.573. The second-order valence-electron chi connectivity index (χ2n) is 2.68. The molecule has 0 amide bonds. The molecular weight excluding hydrogens is 122 g/mol. The van der Waals surface area contributed by atoms with E-state index in [2.05, 4.69) is 6.07 Å². The van der Waals surface area contributed by atoms with E-state index in [-0.39, 0.29) is 0 Å². The molecule has 0 heterocycles. The van der Waals surface area contributed by atoms with Crippen LogP contribution < -0.4 is 5.73 Å². The van der Waals surface area contributed by atoms with Gasteiger partial charge in [0, 0.05) is 6.02 Å². The molecule has 1 atom stereocenters. The monoisotopic (exact) mass is 134 g/mol. The SMILES string of the molecule is [2H][C@@]1(N)CCc2ccccc21. The molecule has 1 aliphatic rings. The van der Waals surface area contributed by atoms with E-state index in [1.807, 2.05) is 18.2 Å². The van der Waals surface area contributed by atoms with Gasteiger partial charge in [0.25, 0.3) is 0 Å². The van der Waals surface area contributed by atoms with Gasteiger partial charge in [-0.05, 0) is 24.0 Å². The number of rotatable bonds is 0. The van der Waals surface area contributed by atoms with Gasteiger partial charge in [-0.25, -0.2) is 0 Å². The summed E-state index contributed by atoms with van der Waals surface area (Å²) in [5, 5.41) is 0. The maximum Gasteiger partial charge on any atom is 0.0514 e. The normalized spacial score (nSPS) is 31.5. The Morgan fingerprint density at radius 1 is 1.50 bits per heavy atom. The smallest absolute Gasteiger partial charge is 0.0514 e. The van der Waals surface area contributed by atoms with E-state index in [0.717, 1.165) is 18.4 Å². The number of fused-ring (bicyclic) bond motifs is 1. The topological polar surface area (TPSA) is 26.0 Å². The van der Waals surface area contributed by atoms with Crippen LogP contribution in [0.2, 0.25) is 0 Å². The van der Waals surface area contributed by atoms with Crippen LogP contribution in [0.5, 0.6) is 0 Å². The molecule has 0 bridgehead atoms. The van der Waals surface area contributed by atoms with Crippen molar-refractivity contribution < 1.29 is 1.37 Å². The van der Waals surface area contributed by atoms with E-state index in [9.17, 15) is 0 Å². The summed E-state index contributed by atoms with van der Waals surface area (Å²) < 4.78 is 7.75. The molecule has 0 aromatic heterocycles. The molecule has 1 heteroatoms. The Morgan fingerprint density at radius 3 is 3.10 bits per heavy atom. The molecule has 0 aliphatic heterocycles. The lowest BCUT2D eigenvalue weighted by Crippen LogP contribution is -2.04. The van der Waals surface area contributed by atoms with Crippen LogP contribution in [0.1, 0.15) is 24.9 Å². The Labute approximate surface area is 62.3 Å². The Balaban J connectivity index is 2.56. The first kappa shape index (κ1) is 4.91. The highest BCUT2D eigenvalue weighted by Crippen LogP contribution is 2.28. The Kier molecular flexibility index (Phi) is 1.03. The molecule has 10 heavy (non-hydrogen) atoms. The predicted octanol–water partition coefficient (Wildman–Crippen LogP) is 1.63. The zero-order chi connectivity index (χ0) is 7.90. The lowest BCUT2D eigenvalue weighted by atomic mass is 10.1. The fraction of sp³-hybridized carbons (Fsp3) is 0.333. The molecule has 1 nitrogen and oxygen atoms in total. The molecule has 2 rings (SSSR count). The van der Waals surface area contributed by atoms with E-state index >= 15 is 0 Å². The average Bonchev–Trinajstić information content (AvgIpc) is 2.29. The van der Waals surface area contributed by atoms with Crippen molar-refractivity contribution in [2.24, 2.45) is 5.73 Å². The summed E-state index contributed by atoms with van der Waals surface area (Å²) in [7, 11) is 0. The van der Waals surface area contributed by atoms with Crippen molar-refractivity contribution in [1.29, 1.82) is 0 Å². The molecule has 1 aromatic rings. The fourth-order valence-electron chi connectivity index (χ4n) is 1.46. The molecule has 0 spiro atoms. The summed E-state index contributed by atoms with van der Waals surface area (Å²) in [6, 6.07) is 7.13. The van der Waals surface area contributed by atoms with Crippen molar-refractivity contribution in [3.05, 3.63) is 35.4 Å². The molecule has 1 aliphatic carbocycles. The van der Waals surface area contributed by atoms with Crippen LogP contribution >= 0.6 is 0 Å². The number of aryl methyl sites for hydroxylation is 1. The first-order valence-electron chi connectivity index (χ1n) is 4.07. The van der Waals surface area contributed by atoms with Crippen molar-refractivity contribution >= 4 is 0 Å². The molecule has 0 unspecified atom stereocenters. The van der Waals surface area contributed by atoms with Crippen LogP contribution in [0, 0.1) is 0 Å². The second-order valence-corrected chi connectivity index (χ2v) is 2.68. The lowest BCUT2D eigenvalue weighted by molar-refractivity contribution is 0.713. The number of hydrogen-bond donors (Lipinski definition) is 1. The van der Waals surface area contributed by atoms with Gasteiger partial charge in [-0.3, -0.25) is 0 Å². The van der Waals surface area contributed by atoms with Crippen LogP contribution in [-0.2, 0) is 6.42 Å². The minimum atomic E-state index is -0.823. The first-order valence-corrected chi connectivity index (χ1v) is 3.57. The third-order valence-corrected chi connectivity index (χ3v) is 2.03. The third-order valence-electron chi connectivity index (χ3n) is 2.03. The molecule has 0 fully saturated rings. The minimum absolute atomic E-state index is 0.756. The van der Waals surface area contributed by atoms with Gasteiger partial charge < -0.3 is 5.73 Å². The molecule has 0 saturated carbocycles. The van der Waals surface area contributed by atoms with Crippen molar-refractivity contribution in [2.45, 2.75) is 18.9 Å². The standard InChI is InChI=1S/C9H11N/c10-9-6-5-7-3-1-2-4-8(7)9/h1-4,9H,5-6,10H2/t9-/m1/s1/i9D. The second kappa shape index (κ2) is 2.10. The van der Waals surface area contributed by atoms with Gasteiger partial charge >= 0.3 is 0 Å². The van der Waals surface area contributed by atoms with Gasteiger partial charge in [-0.2, -0.15) is 0 Å². The van der Waals surface area contributed by atoms with Crippen molar-refractivity contribution in [1.82, 2.24) is 0 Å². The maximum absolute atomic E-state index is 7.75. The molecule has 0 radical (unpaired) electrons. The average molecular weight is 134 g/mol. The minimum Gasteiger partial charge on any atom is -0.324 e. The lowest BCUT2D eigenvalue weighted by Gasteiger charge is -2.01. The van der Waals surface area contributed by atoms with E-state index in [1.165, 1.54) is 5.56 Å². The van der Waals surface area contributed by atoms with E-state index in [0.29, 0.717) is 0 Å². The highest BCUT2D eigenvalue weighted by molar-refractivity contribution is 5.33. The van der Waals surface area contributed by atoms with E-state index in [4.69, 9.17) is 7.10 Å². The summed E-state index contributed by atoms with van der Waals surface area (Å²) in [4.78, 5) is 0. The van der Waals surface area contributed by atoms with Gasteiger partial charge in [0.2, 0.25) is 0 Å². The summed E-state index contributed by atoms with van der Waals surface area (Å²) in [5.74, 6) is 0. The van der Waals surface area contributed by atoms with Crippen molar-refractivity contribution in [3.63, 3.8) is 0 Å². The summed E-state index contributed by atoms with van der Waals surface area (Å²) in [6.07, 6.45) is 1.71. The summed E-state index contributed by atoms with van der Waals surface area (Å²) >= 11 is 0. The van der Waals surface area contributed by atoms with Crippen molar-refractivity contribution in [3.8, 4) is 0 Å². The van der Waals surface area contributed by atoms with Crippen LogP contribution in [0.25, 0.3) is 0 Å². The Hall–Kier alpha value is -0.820. The molecular formula is C9H11N. The van der Waals surface area contributed by atoms with E-state index < -0.39 is 6.02 Å². The third kappa shape index (κ3) is 0.745. The summed E-state index contributed by atoms with van der Waals surface area (Å²) in [6.45, 7) is 0. The fourth-order valence-corrected chi connectivity index (χ4v) is 1.46. The van der Waals surface area contributed by atoms with Gasteiger partial charge in [0.1, 0.15) is 0 Å². The highest BCUT2D eigenvalue weighted by Gasteiger charge is 2.16. The van der Waals surface area contributed by atoms with Crippen molar-refractivity contribution in [2.75, 3.05) is 0 Å². The zero-order valence-corrected chi connectivity index (χ0v) is 5.80. The van der Waals surface area contributed by atoms with Crippen LogP contribution in [0.4, 0.5) is 0 Å². The molecule has 1 aromatic carbocycles. The van der Waals surface area contributed by atoms with Crippen LogP contribution in [0.3, 0.4) is 0 Å². The predicted molar refractivity (Wildman–Crippen MR) is 41.7 cm³/mol. The van der Waals surface area contributed by atoms with Gasteiger partial charge in [0.15, 0.2) is 0 Å². The maximum atomic E-state index is 7.75. The molecule has 0 saturated heterocycles. The first-order chi connectivity index (χ1) is 5.20. The number of hydrogen-bond acceptors (Lipinski definition) is 1. The number of benzene rings is 1. The highest BCUT2D eigenvalue weighted by atomic mass is 14.6. The van der Waals surface area contributed by atoms with E-state index in [1.54, 1.807) is 0 Å². The largest absolute Gasteiger partial charge is 0.324 e. The molecule has 2 N–H and O–H groups in total. The Morgan fingerprint density at radius 2 is 2.30 bits per heavy atom. The van der Waals surface area contributed by atoms with Gasteiger partial charge in [-0.1, -0.05) is 24.3 Å². The van der Waals surface area contributed by atoms with Crippen LogP contribution in [0.15, 0.2) is 24.3 Å². The van der Waals surface area contributed by atoms with Crippen LogP contribution in [-0.4, -0.2) is 0 Å². The number of nitrogens with two attached hydrogens (primary N) is 1. The van der Waals surface area contributed by atoms with Gasteiger partial charge in [0.05, 0.1) is 1.37 Å². The summed E-state index contributed by atoms with van der Waals surface area (Å²) in [5.41, 5.74) is 8.00.